The number of halogens is 1. The van der Waals surface area contributed by atoms with Gasteiger partial charge in [0.25, 0.3) is 5.56 Å². The molecule has 6 nitrogen and oxygen atoms in total. The van der Waals surface area contributed by atoms with Crippen LogP contribution in [-0.4, -0.2) is 31.9 Å². The number of hydrogen-bond acceptors (Lipinski definition) is 5. The maximum absolute atomic E-state index is 11.9. The van der Waals surface area contributed by atoms with Crippen LogP contribution in [0.3, 0.4) is 0 Å². The third-order valence-electron chi connectivity index (χ3n) is 4.83. The summed E-state index contributed by atoms with van der Waals surface area (Å²) in [5.74, 6) is 2.21. The highest BCUT2D eigenvalue weighted by atomic mass is 35.5. The number of rotatable bonds is 7. The van der Waals surface area contributed by atoms with Crippen LogP contribution in [0.2, 0.25) is 5.02 Å². The summed E-state index contributed by atoms with van der Waals surface area (Å²) in [6.07, 6.45) is 0.822. The molecule has 2 aromatic carbocycles. The Bertz CT molecular complexity index is 1260. The van der Waals surface area contributed by atoms with Gasteiger partial charge < -0.3 is 4.74 Å². The first-order valence-corrected chi connectivity index (χ1v) is 11.4. The second-order valence-electron chi connectivity index (χ2n) is 7.43. The van der Waals surface area contributed by atoms with Crippen LogP contribution in [0.5, 0.6) is 5.75 Å². The molecule has 0 spiro atoms. The number of hydrogen-bond donors (Lipinski definition) is 1. The molecule has 1 N–H and O–H groups in total. The molecule has 0 fully saturated rings. The molecule has 2 heterocycles. The van der Waals surface area contributed by atoms with E-state index in [0.29, 0.717) is 23.2 Å². The van der Waals surface area contributed by atoms with Gasteiger partial charge in [0.15, 0.2) is 16.6 Å². The van der Waals surface area contributed by atoms with Gasteiger partial charge in [-0.3, -0.25) is 9.89 Å². The number of nitrogens with one attached hydrogen (secondary N) is 1. The minimum Gasteiger partial charge on any atom is -0.494 e. The predicted octanol–water partition coefficient (Wildman–Crippen LogP) is 5.22. The van der Waals surface area contributed by atoms with Crippen molar-refractivity contribution in [2.24, 2.45) is 0 Å². The van der Waals surface area contributed by atoms with Crippen molar-refractivity contribution in [3.05, 3.63) is 74.5 Å². The van der Waals surface area contributed by atoms with Crippen LogP contribution in [0.4, 0.5) is 0 Å². The summed E-state index contributed by atoms with van der Waals surface area (Å²) >= 11 is 7.78. The van der Waals surface area contributed by atoms with Crippen molar-refractivity contribution in [1.29, 1.82) is 0 Å². The third kappa shape index (κ3) is 4.94. The van der Waals surface area contributed by atoms with Crippen LogP contribution in [0, 0.1) is 20.8 Å². The zero-order valence-corrected chi connectivity index (χ0v) is 19.2. The molecular formula is C23H23ClN4O2S. The molecule has 4 aromatic rings. The van der Waals surface area contributed by atoms with Gasteiger partial charge in [-0.15, -0.1) is 0 Å². The number of aromatic amines is 1. The van der Waals surface area contributed by atoms with Crippen LogP contribution >= 0.6 is 23.4 Å². The van der Waals surface area contributed by atoms with E-state index in [4.69, 9.17) is 21.3 Å². The fraction of sp³-hybridized carbons (Fsp3) is 0.261. The zero-order chi connectivity index (χ0) is 22.0. The number of H-pyrrole nitrogens is 1. The molecule has 0 unspecified atom stereocenters. The van der Waals surface area contributed by atoms with Crippen LogP contribution in [0.25, 0.3) is 17.0 Å². The normalized spacial score (nSPS) is 11.2. The lowest BCUT2D eigenvalue weighted by Gasteiger charge is -2.10. The first-order valence-electron chi connectivity index (χ1n) is 10.00. The molecule has 8 heteroatoms. The van der Waals surface area contributed by atoms with Gasteiger partial charge in [-0.2, -0.15) is 0 Å². The Labute approximate surface area is 189 Å². The molecule has 0 saturated heterocycles. The Hall–Kier alpha value is -2.77. The second kappa shape index (κ2) is 9.16. The number of aryl methyl sites for hydroxylation is 3. The minimum absolute atomic E-state index is 0.200. The highest BCUT2D eigenvalue weighted by Gasteiger charge is 2.11. The fourth-order valence-electron chi connectivity index (χ4n) is 3.21. The second-order valence-corrected chi connectivity index (χ2v) is 8.87. The molecule has 0 aliphatic rings. The maximum atomic E-state index is 11.9. The molecule has 0 aliphatic heterocycles. The fourth-order valence-corrected chi connectivity index (χ4v) is 4.19. The van der Waals surface area contributed by atoms with Crippen LogP contribution in [0.1, 0.15) is 23.1 Å². The standard InChI is InChI=1S/C23H23ClN4O2S/c1-14-5-7-17(8-6-14)22-25-19-13-20(29)27-28(19)23(26-22)31-10-4-9-30-18-11-15(2)21(24)16(3)12-18/h5-8,11-13H,4,9-10H2,1-3H3,(H,27,29). The average Bonchev–Trinajstić information content (AvgIpc) is 3.12. The summed E-state index contributed by atoms with van der Waals surface area (Å²) in [6.45, 7) is 6.56. The van der Waals surface area contributed by atoms with Gasteiger partial charge >= 0.3 is 0 Å². The SMILES string of the molecule is Cc1ccc(-c2nc(SCCCOc3cc(C)c(Cl)c(C)c3)n3[nH]c(=O)cc3n2)cc1. The van der Waals surface area contributed by atoms with E-state index in [1.807, 2.05) is 57.2 Å². The zero-order valence-electron chi connectivity index (χ0n) is 17.6. The van der Waals surface area contributed by atoms with Gasteiger partial charge in [-0.1, -0.05) is 53.2 Å². The monoisotopic (exact) mass is 454 g/mol. The highest BCUT2D eigenvalue weighted by molar-refractivity contribution is 7.99. The molecule has 31 heavy (non-hydrogen) atoms. The summed E-state index contributed by atoms with van der Waals surface area (Å²) in [4.78, 5) is 21.1. The van der Waals surface area contributed by atoms with Crippen molar-refractivity contribution in [2.45, 2.75) is 32.3 Å². The Morgan fingerprint density at radius 2 is 1.77 bits per heavy atom. The number of nitrogens with zero attached hydrogens (tertiary/aromatic N) is 3. The van der Waals surface area contributed by atoms with Crippen molar-refractivity contribution < 1.29 is 4.74 Å². The average molecular weight is 455 g/mol. The van der Waals surface area contributed by atoms with Crippen LogP contribution in [0.15, 0.2) is 52.4 Å². The summed E-state index contributed by atoms with van der Waals surface area (Å²) in [5.41, 5.74) is 4.46. The number of ether oxygens (including phenoxy) is 1. The number of thioether (sulfide) groups is 1. The largest absolute Gasteiger partial charge is 0.494 e. The number of benzene rings is 2. The summed E-state index contributed by atoms with van der Waals surface area (Å²) < 4.78 is 7.52. The van der Waals surface area contributed by atoms with Gasteiger partial charge in [-0.25, -0.2) is 14.5 Å². The lowest BCUT2D eigenvalue weighted by Crippen LogP contribution is -2.05. The Kier molecular flexibility index (Phi) is 6.34. The van der Waals surface area contributed by atoms with Crippen molar-refractivity contribution >= 4 is 29.0 Å². The van der Waals surface area contributed by atoms with E-state index in [1.165, 1.54) is 11.6 Å². The van der Waals surface area contributed by atoms with Crippen molar-refractivity contribution in [3.63, 3.8) is 0 Å². The molecule has 0 aliphatic carbocycles. The van der Waals surface area contributed by atoms with Gasteiger partial charge in [-0.05, 0) is 50.5 Å². The van der Waals surface area contributed by atoms with E-state index in [2.05, 4.69) is 10.1 Å². The van der Waals surface area contributed by atoms with Gasteiger partial charge in [0.05, 0.1) is 6.61 Å². The smallest absolute Gasteiger partial charge is 0.266 e. The summed E-state index contributed by atoms with van der Waals surface area (Å²) in [7, 11) is 0. The Morgan fingerprint density at radius 1 is 1.06 bits per heavy atom. The van der Waals surface area contributed by atoms with E-state index < -0.39 is 0 Å². The highest BCUT2D eigenvalue weighted by Crippen LogP contribution is 2.26. The first-order chi connectivity index (χ1) is 14.9. The first kappa shape index (κ1) is 21.5. The third-order valence-corrected chi connectivity index (χ3v) is 6.45. The Balaban J connectivity index is 1.45. The molecule has 0 radical (unpaired) electrons. The van der Waals surface area contributed by atoms with Crippen LogP contribution < -0.4 is 10.3 Å². The molecule has 4 rings (SSSR count). The van der Waals surface area contributed by atoms with Gasteiger partial charge in [0.1, 0.15) is 5.75 Å². The van der Waals surface area contributed by atoms with Crippen molar-refractivity contribution in [2.75, 3.05) is 12.4 Å². The van der Waals surface area contributed by atoms with E-state index in [9.17, 15) is 4.79 Å². The van der Waals surface area contributed by atoms with Crippen molar-refractivity contribution in [3.8, 4) is 17.1 Å². The quantitative estimate of drug-likeness (QED) is 0.306. The minimum atomic E-state index is -0.200. The number of aromatic nitrogens is 4. The summed E-state index contributed by atoms with van der Waals surface area (Å²) in [5, 5.41) is 4.24. The molecular weight excluding hydrogens is 432 g/mol. The van der Waals surface area contributed by atoms with E-state index in [-0.39, 0.29) is 5.56 Å². The van der Waals surface area contributed by atoms with Crippen molar-refractivity contribution in [1.82, 2.24) is 19.6 Å². The van der Waals surface area contributed by atoms with E-state index in [0.717, 1.165) is 39.6 Å². The topological polar surface area (TPSA) is 72.3 Å². The van der Waals surface area contributed by atoms with Gasteiger partial charge in [0, 0.05) is 22.4 Å². The Morgan fingerprint density at radius 3 is 2.48 bits per heavy atom. The maximum Gasteiger partial charge on any atom is 0.266 e. The molecule has 0 atom stereocenters. The predicted molar refractivity (Wildman–Crippen MR) is 126 cm³/mol. The van der Waals surface area contributed by atoms with Crippen LogP contribution in [-0.2, 0) is 0 Å². The lowest BCUT2D eigenvalue weighted by atomic mass is 10.1. The van der Waals surface area contributed by atoms with E-state index in [1.54, 1.807) is 16.3 Å². The lowest BCUT2D eigenvalue weighted by molar-refractivity contribution is 0.318. The molecule has 0 amide bonds. The van der Waals surface area contributed by atoms with E-state index >= 15 is 0 Å². The molecule has 160 valence electrons. The molecule has 0 saturated carbocycles. The summed E-state index contributed by atoms with van der Waals surface area (Å²) in [6, 6.07) is 13.4. The van der Waals surface area contributed by atoms with Gasteiger partial charge in [0.2, 0.25) is 0 Å². The number of fused-ring (bicyclic) bond motifs is 1. The molecule has 0 bridgehead atoms. The molecule has 2 aromatic heterocycles.